The summed E-state index contributed by atoms with van der Waals surface area (Å²) in [5.74, 6) is 3.71. The fraction of sp³-hybridized carbons (Fsp3) is 0.875. The van der Waals surface area contributed by atoms with Crippen molar-refractivity contribution in [2.24, 2.45) is 0 Å². The second kappa shape index (κ2) is 6.41. The van der Waals surface area contributed by atoms with Gasteiger partial charge in [-0.2, -0.15) is 0 Å². The van der Waals surface area contributed by atoms with E-state index in [9.17, 15) is 0 Å². The van der Waals surface area contributed by atoms with E-state index in [0.717, 1.165) is 0 Å². The van der Waals surface area contributed by atoms with Gasteiger partial charge in [-0.05, 0) is 12.8 Å². The summed E-state index contributed by atoms with van der Waals surface area (Å²) in [7, 11) is 3.96. The monoisotopic (exact) mass is 175 g/mol. The molecule has 1 saturated heterocycles. The van der Waals surface area contributed by atoms with Gasteiger partial charge in [-0.1, -0.05) is 47.3 Å². The van der Waals surface area contributed by atoms with Crippen molar-refractivity contribution in [3.8, 4) is 0 Å². The maximum Gasteiger partial charge on any atom is 0.0278 e. The van der Waals surface area contributed by atoms with E-state index in [0.29, 0.717) is 0 Å². The maximum absolute atomic E-state index is 2.36. The average Bonchev–Trinajstić information content (AvgIpc) is 2.01. The standard InChI is InChI=1S/C8H15S2/c1-2-4-6-8-10-9-7-5-3-1/h7H,1-6,8H2. The van der Waals surface area contributed by atoms with Crippen molar-refractivity contribution in [2.75, 3.05) is 5.75 Å². The van der Waals surface area contributed by atoms with Gasteiger partial charge in [-0.25, -0.2) is 0 Å². The van der Waals surface area contributed by atoms with Gasteiger partial charge in [0, 0.05) is 11.5 Å². The molecule has 0 atom stereocenters. The first-order valence-corrected chi connectivity index (χ1v) is 6.48. The number of rotatable bonds is 0. The van der Waals surface area contributed by atoms with E-state index in [-0.39, 0.29) is 0 Å². The summed E-state index contributed by atoms with van der Waals surface area (Å²) in [5, 5.41) is 0. The maximum atomic E-state index is 2.36. The largest absolute Gasteiger partial charge is 0.0938 e. The van der Waals surface area contributed by atoms with Gasteiger partial charge >= 0.3 is 0 Å². The smallest absolute Gasteiger partial charge is 0.0278 e. The highest BCUT2D eigenvalue weighted by molar-refractivity contribution is 8.77. The van der Waals surface area contributed by atoms with Crippen LogP contribution in [0.15, 0.2) is 0 Å². The summed E-state index contributed by atoms with van der Waals surface area (Å²) >= 11 is 0. The minimum absolute atomic E-state index is 1.32. The Bertz CT molecular complexity index is 40.4. The van der Waals surface area contributed by atoms with Crippen molar-refractivity contribution in [3.63, 3.8) is 0 Å². The molecule has 0 aromatic carbocycles. The molecular formula is C8H15S2. The molecule has 0 saturated carbocycles. The Kier molecular flexibility index (Phi) is 5.64. The Morgan fingerprint density at radius 1 is 0.900 bits per heavy atom. The fourth-order valence-electron chi connectivity index (χ4n) is 1.06. The quantitative estimate of drug-likeness (QED) is 0.512. The summed E-state index contributed by atoms with van der Waals surface area (Å²) in [6.07, 6.45) is 8.51. The van der Waals surface area contributed by atoms with Crippen molar-refractivity contribution in [3.05, 3.63) is 5.75 Å². The topological polar surface area (TPSA) is 0 Å². The lowest BCUT2D eigenvalue weighted by atomic mass is 10.1. The predicted molar refractivity (Wildman–Crippen MR) is 52.1 cm³/mol. The SMILES string of the molecule is [CH]1CCCCCCCSS1. The van der Waals surface area contributed by atoms with Gasteiger partial charge in [0.15, 0.2) is 0 Å². The van der Waals surface area contributed by atoms with Crippen molar-refractivity contribution < 1.29 is 0 Å². The zero-order valence-electron chi connectivity index (χ0n) is 6.34. The van der Waals surface area contributed by atoms with Gasteiger partial charge in [0.05, 0.1) is 0 Å². The molecule has 1 aliphatic heterocycles. The molecule has 0 N–H and O–H groups in total. The summed E-state index contributed by atoms with van der Waals surface area (Å²) < 4.78 is 0. The van der Waals surface area contributed by atoms with Gasteiger partial charge < -0.3 is 0 Å². The predicted octanol–water partition coefficient (Wildman–Crippen LogP) is 3.88. The van der Waals surface area contributed by atoms with E-state index >= 15 is 0 Å². The highest BCUT2D eigenvalue weighted by atomic mass is 33.1. The molecule has 0 unspecified atom stereocenters. The molecule has 59 valence electrons. The molecule has 0 spiro atoms. The Morgan fingerprint density at radius 2 is 1.70 bits per heavy atom. The Hall–Kier alpha value is 0.700. The van der Waals surface area contributed by atoms with Gasteiger partial charge in [-0.15, -0.1) is 0 Å². The van der Waals surface area contributed by atoms with E-state index < -0.39 is 0 Å². The molecule has 1 radical (unpaired) electrons. The van der Waals surface area contributed by atoms with Gasteiger partial charge in [0.1, 0.15) is 0 Å². The summed E-state index contributed by atoms with van der Waals surface area (Å²) in [6.45, 7) is 0. The summed E-state index contributed by atoms with van der Waals surface area (Å²) in [4.78, 5) is 0. The molecule has 1 aliphatic rings. The lowest BCUT2D eigenvalue weighted by molar-refractivity contribution is 0.637. The third-order valence-corrected chi connectivity index (χ3v) is 3.97. The van der Waals surface area contributed by atoms with Crippen molar-refractivity contribution >= 4 is 21.6 Å². The Labute approximate surface area is 71.9 Å². The zero-order chi connectivity index (χ0) is 7.07. The van der Waals surface area contributed by atoms with Crippen LogP contribution < -0.4 is 0 Å². The second-order valence-corrected chi connectivity index (χ2v) is 5.10. The van der Waals surface area contributed by atoms with Crippen LogP contribution in [0.5, 0.6) is 0 Å². The second-order valence-electron chi connectivity index (χ2n) is 2.64. The Balaban J connectivity index is 2.00. The summed E-state index contributed by atoms with van der Waals surface area (Å²) in [5.41, 5.74) is 0. The summed E-state index contributed by atoms with van der Waals surface area (Å²) in [6, 6.07) is 0. The molecule has 0 aromatic heterocycles. The van der Waals surface area contributed by atoms with E-state index in [1.807, 2.05) is 21.6 Å². The van der Waals surface area contributed by atoms with Crippen LogP contribution in [-0.2, 0) is 0 Å². The first kappa shape index (κ1) is 8.79. The van der Waals surface area contributed by atoms with E-state index in [2.05, 4.69) is 5.75 Å². The normalized spacial score (nSPS) is 24.0. The van der Waals surface area contributed by atoms with Crippen LogP contribution >= 0.6 is 21.6 Å². The minimum atomic E-state index is 1.32. The van der Waals surface area contributed by atoms with Crippen LogP contribution in [0.4, 0.5) is 0 Å². The fourth-order valence-corrected chi connectivity index (χ4v) is 3.06. The van der Waals surface area contributed by atoms with Gasteiger partial charge in [0.2, 0.25) is 0 Å². The van der Waals surface area contributed by atoms with Crippen LogP contribution in [0.25, 0.3) is 0 Å². The molecule has 0 bridgehead atoms. The molecule has 1 rings (SSSR count). The van der Waals surface area contributed by atoms with Crippen LogP contribution in [-0.4, -0.2) is 5.75 Å². The highest BCUT2D eigenvalue weighted by Gasteiger charge is 1.96. The average molecular weight is 175 g/mol. The molecule has 0 nitrogen and oxygen atoms in total. The molecule has 2 heteroatoms. The van der Waals surface area contributed by atoms with Crippen LogP contribution in [0.1, 0.15) is 38.5 Å². The van der Waals surface area contributed by atoms with Crippen molar-refractivity contribution in [2.45, 2.75) is 38.5 Å². The number of hydrogen-bond acceptors (Lipinski definition) is 2. The van der Waals surface area contributed by atoms with Gasteiger partial charge in [0.25, 0.3) is 0 Å². The molecular weight excluding hydrogens is 160 g/mol. The molecule has 10 heavy (non-hydrogen) atoms. The minimum Gasteiger partial charge on any atom is -0.0938 e. The van der Waals surface area contributed by atoms with E-state index in [4.69, 9.17) is 0 Å². The molecule has 0 amide bonds. The van der Waals surface area contributed by atoms with Gasteiger partial charge in [-0.3, -0.25) is 0 Å². The van der Waals surface area contributed by atoms with E-state index in [1.54, 1.807) is 0 Å². The Morgan fingerprint density at radius 3 is 2.70 bits per heavy atom. The molecule has 1 heterocycles. The van der Waals surface area contributed by atoms with Crippen molar-refractivity contribution in [1.29, 1.82) is 0 Å². The number of hydrogen-bond donors (Lipinski definition) is 0. The zero-order valence-corrected chi connectivity index (χ0v) is 7.98. The first-order valence-electron chi connectivity index (χ1n) is 4.10. The molecule has 1 fully saturated rings. The van der Waals surface area contributed by atoms with Crippen LogP contribution in [0.3, 0.4) is 0 Å². The molecule has 0 aliphatic carbocycles. The van der Waals surface area contributed by atoms with Crippen LogP contribution in [0, 0.1) is 5.75 Å². The van der Waals surface area contributed by atoms with E-state index in [1.165, 1.54) is 44.3 Å². The third kappa shape index (κ3) is 4.51. The van der Waals surface area contributed by atoms with Crippen LogP contribution in [0.2, 0.25) is 0 Å². The highest BCUT2D eigenvalue weighted by Crippen LogP contribution is 2.29. The molecule has 0 aromatic rings. The lowest BCUT2D eigenvalue weighted by Gasteiger charge is -2.04. The third-order valence-electron chi connectivity index (χ3n) is 1.69. The first-order chi connectivity index (χ1) is 5.00. The van der Waals surface area contributed by atoms with Crippen molar-refractivity contribution in [1.82, 2.24) is 0 Å². The lowest BCUT2D eigenvalue weighted by Crippen LogP contribution is -1.83.